The minimum atomic E-state index is 0.411. The minimum absolute atomic E-state index is 0.411. The number of nitrogens with zero attached hydrogens (tertiary/aromatic N) is 4. The molecule has 0 atom stereocenters. The number of aryl methyl sites for hydroxylation is 3. The van der Waals surface area contributed by atoms with E-state index in [0.29, 0.717) is 23.7 Å². The maximum absolute atomic E-state index is 4.69. The van der Waals surface area contributed by atoms with E-state index in [1.807, 2.05) is 6.20 Å². The van der Waals surface area contributed by atoms with Crippen LogP contribution in [-0.4, -0.2) is 14.1 Å². The van der Waals surface area contributed by atoms with Gasteiger partial charge in [0.2, 0.25) is 0 Å². The van der Waals surface area contributed by atoms with Gasteiger partial charge in [-0.15, -0.1) is 0 Å². The lowest BCUT2D eigenvalue weighted by Crippen LogP contribution is -2.29. The van der Waals surface area contributed by atoms with Gasteiger partial charge in [-0.2, -0.15) is 4.57 Å². The van der Waals surface area contributed by atoms with Gasteiger partial charge in [0.25, 0.3) is 5.82 Å². The molecule has 0 amide bonds. The fourth-order valence-corrected chi connectivity index (χ4v) is 7.64. The maximum Gasteiger partial charge on any atom is 0.293 e. The molecular weight excluding hydrogens is 717 g/mol. The Hall–Kier alpha value is -5.48. The van der Waals surface area contributed by atoms with E-state index in [-0.39, 0.29) is 0 Å². The topological polar surface area (TPSA) is 26.6 Å². The predicted molar refractivity (Wildman–Crippen MR) is 253 cm³/mol. The number of aromatic nitrogens is 4. The van der Waals surface area contributed by atoms with Crippen molar-refractivity contribution in [2.24, 2.45) is 13.0 Å². The Kier molecular flexibility index (Phi) is 15.1. The molecule has 4 heteroatoms. The molecule has 0 fully saturated rings. The SMILES string of the molecule is CC(C)C.Cc1ccc(-c2cc(C(C)C)c(-n3cc[n+](C)c3-c3ccccc3)c(C(C)C)c2)cc1.Cc1ccccc1-c1nccn1-c1c(C(C)C)cccc1C(C)C. The van der Waals surface area contributed by atoms with Crippen LogP contribution in [0.3, 0.4) is 0 Å². The highest BCUT2D eigenvalue weighted by Gasteiger charge is 2.27. The second-order valence-corrected chi connectivity index (χ2v) is 17.9. The third-order valence-corrected chi connectivity index (χ3v) is 10.7. The second kappa shape index (κ2) is 20.0. The summed E-state index contributed by atoms with van der Waals surface area (Å²) in [5.41, 5.74) is 15.7. The molecule has 5 aromatic carbocycles. The molecule has 7 aromatic rings. The largest absolute Gasteiger partial charge is 0.299 e. The Labute approximate surface area is 356 Å². The van der Waals surface area contributed by atoms with Crippen molar-refractivity contribution in [1.29, 1.82) is 0 Å². The van der Waals surface area contributed by atoms with Crippen LogP contribution in [0.2, 0.25) is 0 Å². The van der Waals surface area contributed by atoms with E-state index >= 15 is 0 Å². The van der Waals surface area contributed by atoms with Crippen molar-refractivity contribution in [2.75, 3.05) is 0 Å². The van der Waals surface area contributed by atoms with Crippen LogP contribution >= 0.6 is 0 Å². The number of hydrogen-bond donors (Lipinski definition) is 0. The summed E-state index contributed by atoms with van der Waals surface area (Å²) in [6.07, 6.45) is 8.36. The van der Waals surface area contributed by atoms with Crippen LogP contribution in [0.15, 0.2) is 134 Å². The molecule has 0 radical (unpaired) electrons. The molecule has 59 heavy (non-hydrogen) atoms. The van der Waals surface area contributed by atoms with Gasteiger partial charge in [-0.1, -0.05) is 167 Å². The third kappa shape index (κ3) is 10.6. The number of imidazole rings is 2. The first kappa shape index (κ1) is 44.6. The normalized spacial score (nSPS) is 11.3. The first-order valence-corrected chi connectivity index (χ1v) is 21.7. The average Bonchev–Trinajstić information content (AvgIpc) is 3.84. The summed E-state index contributed by atoms with van der Waals surface area (Å²) in [5.74, 6) is 4.80. The molecule has 2 heterocycles. The van der Waals surface area contributed by atoms with Crippen LogP contribution in [0, 0.1) is 19.8 Å². The van der Waals surface area contributed by atoms with Gasteiger partial charge in [-0.05, 0) is 95.5 Å². The van der Waals surface area contributed by atoms with Crippen molar-refractivity contribution in [3.63, 3.8) is 0 Å². The predicted octanol–water partition coefficient (Wildman–Crippen LogP) is 14.9. The minimum Gasteiger partial charge on any atom is -0.299 e. The van der Waals surface area contributed by atoms with Crippen molar-refractivity contribution >= 4 is 0 Å². The van der Waals surface area contributed by atoms with Gasteiger partial charge >= 0.3 is 0 Å². The van der Waals surface area contributed by atoms with Gasteiger partial charge < -0.3 is 0 Å². The van der Waals surface area contributed by atoms with Crippen LogP contribution in [0.4, 0.5) is 0 Å². The maximum atomic E-state index is 4.69. The lowest BCUT2D eigenvalue weighted by molar-refractivity contribution is -0.659. The Morgan fingerprint density at radius 2 is 1.00 bits per heavy atom. The van der Waals surface area contributed by atoms with Crippen molar-refractivity contribution < 1.29 is 4.57 Å². The van der Waals surface area contributed by atoms with E-state index in [2.05, 4.69) is 244 Å². The molecule has 0 spiro atoms. The van der Waals surface area contributed by atoms with Crippen molar-refractivity contribution in [2.45, 2.75) is 114 Å². The number of rotatable bonds is 9. The van der Waals surface area contributed by atoms with Gasteiger partial charge in [0, 0.05) is 29.1 Å². The molecule has 308 valence electrons. The smallest absolute Gasteiger partial charge is 0.293 e. The molecular formula is C55H69N4+. The van der Waals surface area contributed by atoms with Crippen LogP contribution in [-0.2, 0) is 7.05 Å². The Balaban J connectivity index is 0.000000211. The van der Waals surface area contributed by atoms with Gasteiger partial charge in [0.05, 0.1) is 18.3 Å². The fraction of sp³-hybridized carbons (Fsp3) is 0.345. The highest BCUT2D eigenvalue weighted by molar-refractivity contribution is 5.71. The molecule has 0 unspecified atom stereocenters. The van der Waals surface area contributed by atoms with E-state index in [4.69, 9.17) is 0 Å². The molecule has 0 bridgehead atoms. The molecule has 4 nitrogen and oxygen atoms in total. The Morgan fingerprint density at radius 1 is 0.492 bits per heavy atom. The third-order valence-electron chi connectivity index (χ3n) is 10.7. The lowest BCUT2D eigenvalue weighted by atomic mass is 9.88. The van der Waals surface area contributed by atoms with E-state index in [0.717, 1.165) is 11.7 Å². The second-order valence-electron chi connectivity index (χ2n) is 17.9. The van der Waals surface area contributed by atoms with Crippen LogP contribution < -0.4 is 4.57 Å². The summed E-state index contributed by atoms with van der Waals surface area (Å²) in [4.78, 5) is 4.69. The van der Waals surface area contributed by atoms with Crippen molar-refractivity contribution in [1.82, 2.24) is 14.1 Å². The summed E-state index contributed by atoms with van der Waals surface area (Å²) >= 11 is 0. The summed E-state index contributed by atoms with van der Waals surface area (Å²) in [5, 5.41) is 0. The molecule has 0 saturated heterocycles. The standard InChI is InChI=1S/C29H33N2.C22H26N2.C4H10/c1-20(2)26-18-25(23-14-12-22(5)13-15-23)19-27(21(3)4)28(26)31-17-16-30(6)29(31)24-10-8-7-9-11-24;1-15(2)18-11-8-12-19(16(3)4)21(18)24-14-13-23-22(24)20-10-7-6-9-17(20)5;1-4(2)3/h7-21H,1-6H3;6-16H,1-5H3;4H,1-3H3/q+1;;. The van der Waals surface area contributed by atoms with Crippen molar-refractivity contribution in [3.8, 4) is 45.3 Å². The van der Waals surface area contributed by atoms with Gasteiger partial charge in [-0.25, -0.2) is 9.55 Å². The number of para-hydroxylation sites is 1. The zero-order valence-electron chi connectivity index (χ0n) is 38.4. The number of hydrogen-bond acceptors (Lipinski definition) is 1. The van der Waals surface area contributed by atoms with Crippen LogP contribution in [0.5, 0.6) is 0 Å². The molecule has 2 aromatic heterocycles. The van der Waals surface area contributed by atoms with E-state index in [1.165, 1.54) is 72.8 Å². The molecule has 0 aliphatic rings. The van der Waals surface area contributed by atoms with E-state index < -0.39 is 0 Å². The first-order valence-electron chi connectivity index (χ1n) is 21.7. The average molecular weight is 786 g/mol. The number of benzene rings is 5. The monoisotopic (exact) mass is 786 g/mol. The van der Waals surface area contributed by atoms with Crippen LogP contribution in [0.1, 0.15) is 133 Å². The van der Waals surface area contributed by atoms with Gasteiger partial charge in [0.15, 0.2) is 0 Å². The summed E-state index contributed by atoms with van der Waals surface area (Å²) in [6, 6.07) is 39.5. The highest BCUT2D eigenvalue weighted by Crippen LogP contribution is 2.38. The molecule has 0 N–H and O–H groups in total. The van der Waals surface area contributed by atoms with Crippen molar-refractivity contribution in [3.05, 3.63) is 167 Å². The Bertz CT molecular complexity index is 2340. The fourth-order valence-electron chi connectivity index (χ4n) is 7.64. The van der Waals surface area contributed by atoms with E-state index in [1.54, 1.807) is 0 Å². The summed E-state index contributed by atoms with van der Waals surface area (Å²) < 4.78 is 6.88. The van der Waals surface area contributed by atoms with Gasteiger partial charge in [-0.3, -0.25) is 4.57 Å². The summed E-state index contributed by atoms with van der Waals surface area (Å²) in [6.45, 7) is 29.0. The van der Waals surface area contributed by atoms with E-state index in [9.17, 15) is 0 Å². The summed E-state index contributed by atoms with van der Waals surface area (Å²) in [7, 11) is 2.13. The van der Waals surface area contributed by atoms with Gasteiger partial charge in [0.1, 0.15) is 23.9 Å². The zero-order chi connectivity index (χ0) is 43.0. The first-order chi connectivity index (χ1) is 28.1. The molecule has 0 saturated carbocycles. The Morgan fingerprint density at radius 3 is 1.53 bits per heavy atom. The zero-order valence-corrected chi connectivity index (χ0v) is 38.4. The molecule has 7 rings (SSSR count). The molecule has 0 aliphatic carbocycles. The highest BCUT2D eigenvalue weighted by atomic mass is 15.1. The molecule has 0 aliphatic heterocycles. The van der Waals surface area contributed by atoms with Crippen LogP contribution in [0.25, 0.3) is 45.3 Å². The quantitative estimate of drug-likeness (QED) is 0.134. The lowest BCUT2D eigenvalue weighted by Gasteiger charge is -2.22.